The van der Waals surface area contributed by atoms with Crippen LogP contribution in [0.15, 0.2) is 66.7 Å². The number of hydrogen-bond donors (Lipinski definition) is 1. The summed E-state index contributed by atoms with van der Waals surface area (Å²) in [5.74, 6) is -0.961. The van der Waals surface area contributed by atoms with E-state index in [0.29, 0.717) is 37.1 Å². The van der Waals surface area contributed by atoms with Crippen LogP contribution in [0.1, 0.15) is 47.2 Å². The first-order chi connectivity index (χ1) is 18.0. The molecule has 0 unspecified atom stereocenters. The van der Waals surface area contributed by atoms with Crippen molar-refractivity contribution in [2.75, 3.05) is 20.2 Å². The summed E-state index contributed by atoms with van der Waals surface area (Å²) >= 11 is 0. The van der Waals surface area contributed by atoms with Gasteiger partial charge in [0, 0.05) is 24.7 Å². The number of hydrogen-bond acceptors (Lipinski definition) is 5. The van der Waals surface area contributed by atoms with Gasteiger partial charge in [-0.3, -0.25) is 14.4 Å². The van der Waals surface area contributed by atoms with Gasteiger partial charge in [0.1, 0.15) is 0 Å². The van der Waals surface area contributed by atoms with Gasteiger partial charge >= 0.3 is 5.97 Å². The summed E-state index contributed by atoms with van der Waals surface area (Å²) in [5.41, 5.74) is 2.35. The number of rotatable bonds is 10. The molecule has 37 heavy (non-hydrogen) atoms. The third-order valence-electron chi connectivity index (χ3n) is 6.97. The van der Waals surface area contributed by atoms with E-state index in [1.54, 1.807) is 18.2 Å². The third-order valence-corrected chi connectivity index (χ3v) is 6.97. The van der Waals surface area contributed by atoms with Crippen LogP contribution in [0.5, 0.6) is 0 Å². The molecule has 2 atom stereocenters. The first-order valence-corrected chi connectivity index (χ1v) is 12.6. The zero-order chi connectivity index (χ0) is 26.2. The lowest BCUT2D eigenvalue weighted by atomic mass is 10.00. The van der Waals surface area contributed by atoms with Gasteiger partial charge < -0.3 is 15.0 Å². The fraction of sp³-hybridized carbons (Fsp3) is 0.333. The largest absolute Gasteiger partial charge is 0.469 e. The van der Waals surface area contributed by atoms with Crippen molar-refractivity contribution in [3.63, 3.8) is 0 Å². The molecule has 1 fully saturated rings. The van der Waals surface area contributed by atoms with Gasteiger partial charge in [0.15, 0.2) is 0 Å². The number of aryl methyl sites for hydroxylation is 1. The Bertz CT molecular complexity index is 1320. The fourth-order valence-corrected chi connectivity index (χ4v) is 5.00. The predicted octanol–water partition coefficient (Wildman–Crippen LogP) is 4.24. The van der Waals surface area contributed by atoms with E-state index in [-0.39, 0.29) is 36.2 Å². The van der Waals surface area contributed by atoms with Crippen molar-refractivity contribution in [3.8, 4) is 6.07 Å². The highest BCUT2D eigenvalue weighted by Gasteiger charge is 2.39. The average molecular weight is 498 g/mol. The number of amides is 2. The fourth-order valence-electron chi connectivity index (χ4n) is 5.00. The summed E-state index contributed by atoms with van der Waals surface area (Å²) in [4.78, 5) is 39.6. The topological polar surface area (TPSA) is 99.5 Å². The molecular weight excluding hydrogens is 466 g/mol. The molecule has 4 rings (SSSR count). The zero-order valence-corrected chi connectivity index (χ0v) is 21.0. The van der Waals surface area contributed by atoms with E-state index in [1.807, 2.05) is 41.3 Å². The molecule has 0 bridgehead atoms. The number of benzene rings is 3. The van der Waals surface area contributed by atoms with Crippen molar-refractivity contribution >= 4 is 28.6 Å². The lowest BCUT2D eigenvalue weighted by Crippen LogP contribution is -2.37. The molecule has 7 nitrogen and oxygen atoms in total. The maximum absolute atomic E-state index is 13.1. The van der Waals surface area contributed by atoms with Gasteiger partial charge in [-0.05, 0) is 66.3 Å². The van der Waals surface area contributed by atoms with Crippen LogP contribution in [0.4, 0.5) is 0 Å². The normalized spacial score (nSPS) is 17.0. The van der Waals surface area contributed by atoms with Gasteiger partial charge in [-0.2, -0.15) is 5.26 Å². The van der Waals surface area contributed by atoms with Gasteiger partial charge in [0.05, 0.1) is 31.1 Å². The molecule has 1 aliphatic rings. The second kappa shape index (κ2) is 12.2. The van der Waals surface area contributed by atoms with Crippen LogP contribution in [0, 0.1) is 17.2 Å². The number of nitrogens with one attached hydrogen (secondary N) is 1. The smallest absolute Gasteiger partial charge is 0.306 e. The quantitative estimate of drug-likeness (QED) is 0.422. The predicted molar refractivity (Wildman–Crippen MR) is 141 cm³/mol. The van der Waals surface area contributed by atoms with Crippen LogP contribution >= 0.6 is 0 Å². The number of carbonyl (C=O) groups is 3. The number of esters is 1. The van der Waals surface area contributed by atoms with Crippen LogP contribution in [0.25, 0.3) is 10.8 Å². The molecule has 1 aliphatic heterocycles. The molecule has 3 aromatic rings. The minimum Gasteiger partial charge on any atom is -0.469 e. The highest BCUT2D eigenvalue weighted by Crippen LogP contribution is 2.30. The first kappa shape index (κ1) is 25.9. The Morgan fingerprint density at radius 3 is 2.59 bits per heavy atom. The lowest BCUT2D eigenvalue weighted by molar-refractivity contribution is -0.144. The van der Waals surface area contributed by atoms with Crippen LogP contribution in [-0.2, 0) is 20.7 Å². The summed E-state index contributed by atoms with van der Waals surface area (Å²) in [6.45, 7) is 1.03. The van der Waals surface area contributed by atoms with Crippen molar-refractivity contribution in [1.82, 2.24) is 10.2 Å². The summed E-state index contributed by atoms with van der Waals surface area (Å²) < 4.78 is 4.79. The Balaban J connectivity index is 1.36. The molecule has 0 aromatic heterocycles. The van der Waals surface area contributed by atoms with Crippen LogP contribution in [0.2, 0.25) is 0 Å². The monoisotopic (exact) mass is 497 g/mol. The van der Waals surface area contributed by atoms with Gasteiger partial charge in [-0.25, -0.2) is 0 Å². The molecule has 0 radical (unpaired) electrons. The maximum atomic E-state index is 13.1. The average Bonchev–Trinajstić information content (AvgIpc) is 3.22. The number of fused-ring (bicyclic) bond motifs is 1. The van der Waals surface area contributed by atoms with Crippen LogP contribution < -0.4 is 5.32 Å². The molecule has 1 heterocycles. The number of carbonyl (C=O) groups excluding carboxylic acids is 3. The lowest BCUT2D eigenvalue weighted by Gasteiger charge is -2.25. The standard InChI is InChI=1S/C30H31N3O4/c1-37-28(34)19-26-18-27(33(30(26)36)15-5-8-21-6-3-2-4-7-21)13-14-32-29(35)25-12-11-23-16-22(20-31)9-10-24(23)17-25/h2-4,6-7,9-12,16-17,26-27H,5,8,13-15,18-19H2,1H3,(H,32,35)/t26-,27+/m0/s1. The molecule has 1 N–H and O–H groups in total. The molecule has 190 valence electrons. The Kier molecular flexibility index (Phi) is 8.52. The van der Waals surface area contributed by atoms with Crippen LogP contribution in [-0.4, -0.2) is 48.9 Å². The molecule has 1 saturated heterocycles. The van der Waals surface area contributed by atoms with E-state index in [1.165, 1.54) is 12.7 Å². The highest BCUT2D eigenvalue weighted by molar-refractivity contribution is 5.98. The van der Waals surface area contributed by atoms with E-state index in [9.17, 15) is 14.4 Å². The molecule has 0 saturated carbocycles. The third kappa shape index (κ3) is 6.53. The van der Waals surface area contributed by atoms with E-state index in [4.69, 9.17) is 10.00 Å². The Morgan fingerprint density at radius 1 is 1.08 bits per heavy atom. The molecule has 7 heteroatoms. The summed E-state index contributed by atoms with van der Waals surface area (Å²) in [7, 11) is 1.33. The molecule has 0 spiro atoms. The van der Waals surface area contributed by atoms with Gasteiger partial charge in [-0.1, -0.05) is 42.5 Å². The number of methoxy groups -OCH3 is 1. The van der Waals surface area contributed by atoms with Crippen molar-refractivity contribution < 1.29 is 19.1 Å². The second-order valence-electron chi connectivity index (χ2n) is 9.42. The van der Waals surface area contributed by atoms with Gasteiger partial charge in [0.2, 0.25) is 5.91 Å². The number of ether oxygens (including phenoxy) is 1. The van der Waals surface area contributed by atoms with E-state index in [2.05, 4.69) is 23.5 Å². The summed E-state index contributed by atoms with van der Waals surface area (Å²) in [5, 5.41) is 13.8. The van der Waals surface area contributed by atoms with Gasteiger partial charge in [-0.15, -0.1) is 0 Å². The highest BCUT2D eigenvalue weighted by atomic mass is 16.5. The Hall–Kier alpha value is -4.18. The van der Waals surface area contributed by atoms with E-state index >= 15 is 0 Å². The Morgan fingerprint density at radius 2 is 1.84 bits per heavy atom. The Labute approximate surface area is 217 Å². The second-order valence-corrected chi connectivity index (χ2v) is 9.42. The van der Waals surface area contributed by atoms with Crippen molar-refractivity contribution in [2.24, 2.45) is 5.92 Å². The van der Waals surface area contributed by atoms with E-state index in [0.717, 1.165) is 23.6 Å². The van der Waals surface area contributed by atoms with E-state index < -0.39 is 0 Å². The van der Waals surface area contributed by atoms with Crippen molar-refractivity contribution in [1.29, 1.82) is 5.26 Å². The zero-order valence-electron chi connectivity index (χ0n) is 21.0. The molecule has 2 amide bonds. The number of nitrogens with zero attached hydrogens (tertiary/aromatic N) is 2. The summed E-state index contributed by atoms with van der Waals surface area (Å²) in [6.07, 6.45) is 2.96. The van der Waals surface area contributed by atoms with Crippen LogP contribution in [0.3, 0.4) is 0 Å². The van der Waals surface area contributed by atoms with Crippen molar-refractivity contribution in [2.45, 2.75) is 38.1 Å². The summed E-state index contributed by atoms with van der Waals surface area (Å²) in [6, 6.07) is 23.0. The first-order valence-electron chi connectivity index (χ1n) is 12.6. The minimum atomic E-state index is -0.385. The SMILES string of the molecule is COC(=O)C[C@@H]1C[C@@H](CCNC(=O)c2ccc3cc(C#N)ccc3c2)N(CCCc2ccccc2)C1=O. The molecular formula is C30H31N3O4. The minimum absolute atomic E-state index is 0.0129. The molecule has 0 aliphatic carbocycles. The number of nitriles is 1. The number of likely N-dealkylation sites (tertiary alicyclic amines) is 1. The van der Waals surface area contributed by atoms with Gasteiger partial charge in [0.25, 0.3) is 5.91 Å². The molecule has 3 aromatic carbocycles. The van der Waals surface area contributed by atoms with Crippen molar-refractivity contribution in [3.05, 3.63) is 83.4 Å². The maximum Gasteiger partial charge on any atom is 0.306 e.